The third-order valence-electron chi connectivity index (χ3n) is 2.80. The van der Waals surface area contributed by atoms with Gasteiger partial charge in [-0.3, -0.25) is 4.79 Å². The minimum atomic E-state index is 0.0138. The molecule has 0 bridgehead atoms. The average molecular weight is 314 g/mol. The average Bonchev–Trinajstić information content (AvgIpc) is 2.50. The van der Waals surface area contributed by atoms with Crippen molar-refractivity contribution < 1.29 is 14.3 Å². The van der Waals surface area contributed by atoms with E-state index in [0.29, 0.717) is 38.5 Å². The van der Waals surface area contributed by atoms with Gasteiger partial charge in [0.05, 0.1) is 13.2 Å². The largest absolute Gasteiger partial charge is 0.490 e. The van der Waals surface area contributed by atoms with Crippen LogP contribution in [0.15, 0.2) is 18.2 Å². The Morgan fingerprint density at radius 3 is 2.71 bits per heavy atom. The van der Waals surface area contributed by atoms with E-state index in [1.54, 1.807) is 0 Å². The summed E-state index contributed by atoms with van der Waals surface area (Å²) < 4.78 is 11.2. The van der Waals surface area contributed by atoms with E-state index >= 15 is 0 Å². The molecule has 0 saturated heterocycles. The standard InChI is InChI=1S/C16H24ClNO3/c1-3-10-21-14-8-7-13(11-15(14)20-4-2)12-18-16(19)6-5-9-17/h7-8,11H,3-6,9-10,12H2,1-2H3,(H,18,19). The number of hydrogen-bond acceptors (Lipinski definition) is 3. The number of benzene rings is 1. The van der Waals surface area contributed by atoms with Crippen molar-refractivity contribution in [3.05, 3.63) is 23.8 Å². The van der Waals surface area contributed by atoms with Crippen molar-refractivity contribution in [3.63, 3.8) is 0 Å². The number of hydrogen-bond donors (Lipinski definition) is 1. The maximum atomic E-state index is 11.6. The lowest BCUT2D eigenvalue weighted by Gasteiger charge is -2.13. The van der Waals surface area contributed by atoms with Crippen LogP contribution < -0.4 is 14.8 Å². The zero-order valence-electron chi connectivity index (χ0n) is 12.8. The Labute approximate surface area is 131 Å². The molecular weight excluding hydrogens is 290 g/mol. The predicted molar refractivity (Wildman–Crippen MR) is 85.2 cm³/mol. The summed E-state index contributed by atoms with van der Waals surface area (Å²) in [6, 6.07) is 5.74. The van der Waals surface area contributed by atoms with Crippen LogP contribution in [0.2, 0.25) is 0 Å². The molecule has 5 heteroatoms. The van der Waals surface area contributed by atoms with E-state index < -0.39 is 0 Å². The van der Waals surface area contributed by atoms with Gasteiger partial charge in [-0.05, 0) is 37.5 Å². The molecule has 0 aromatic heterocycles. The summed E-state index contributed by atoms with van der Waals surface area (Å²) in [7, 11) is 0. The molecule has 0 fully saturated rings. The Bertz CT molecular complexity index is 438. The summed E-state index contributed by atoms with van der Waals surface area (Å²) in [6.45, 7) is 5.72. The first-order chi connectivity index (χ1) is 10.2. The molecule has 1 aromatic carbocycles. The van der Waals surface area contributed by atoms with Crippen molar-refractivity contribution in [1.29, 1.82) is 0 Å². The van der Waals surface area contributed by atoms with Crippen LogP contribution in [0.5, 0.6) is 11.5 Å². The molecule has 0 unspecified atom stereocenters. The molecule has 1 aromatic rings. The fourth-order valence-corrected chi connectivity index (χ4v) is 1.91. The van der Waals surface area contributed by atoms with E-state index in [1.165, 1.54) is 0 Å². The topological polar surface area (TPSA) is 47.6 Å². The highest BCUT2D eigenvalue weighted by molar-refractivity contribution is 6.17. The van der Waals surface area contributed by atoms with Crippen molar-refractivity contribution >= 4 is 17.5 Å². The second-order valence-electron chi connectivity index (χ2n) is 4.63. The molecule has 1 amide bonds. The van der Waals surface area contributed by atoms with Crippen molar-refractivity contribution in [1.82, 2.24) is 5.32 Å². The maximum Gasteiger partial charge on any atom is 0.220 e. The number of halogens is 1. The second kappa shape index (κ2) is 10.3. The number of carbonyl (C=O) groups is 1. The number of ether oxygens (including phenoxy) is 2. The fourth-order valence-electron chi connectivity index (χ4n) is 1.78. The lowest BCUT2D eigenvalue weighted by atomic mass is 10.2. The zero-order chi connectivity index (χ0) is 15.5. The number of alkyl halides is 1. The van der Waals surface area contributed by atoms with Crippen LogP contribution in [-0.4, -0.2) is 25.0 Å². The predicted octanol–water partition coefficient (Wildman–Crippen LogP) is 3.51. The highest BCUT2D eigenvalue weighted by Gasteiger charge is 2.07. The molecule has 0 aliphatic rings. The summed E-state index contributed by atoms with van der Waals surface area (Å²) in [6.07, 6.45) is 2.10. The van der Waals surface area contributed by atoms with Crippen LogP contribution in [0.4, 0.5) is 0 Å². The molecule has 0 atom stereocenters. The molecule has 21 heavy (non-hydrogen) atoms. The third-order valence-corrected chi connectivity index (χ3v) is 3.06. The van der Waals surface area contributed by atoms with Gasteiger partial charge in [0.1, 0.15) is 0 Å². The smallest absolute Gasteiger partial charge is 0.220 e. The maximum absolute atomic E-state index is 11.6. The first-order valence-electron chi connectivity index (χ1n) is 7.42. The minimum Gasteiger partial charge on any atom is -0.490 e. The Morgan fingerprint density at radius 1 is 1.24 bits per heavy atom. The van der Waals surface area contributed by atoms with E-state index in [4.69, 9.17) is 21.1 Å². The van der Waals surface area contributed by atoms with Crippen LogP contribution >= 0.6 is 11.6 Å². The van der Waals surface area contributed by atoms with E-state index in [0.717, 1.165) is 23.5 Å². The van der Waals surface area contributed by atoms with Crippen LogP contribution in [0.3, 0.4) is 0 Å². The molecular formula is C16H24ClNO3. The summed E-state index contributed by atoms with van der Waals surface area (Å²) >= 11 is 5.57. The van der Waals surface area contributed by atoms with Crippen LogP contribution in [0.25, 0.3) is 0 Å². The lowest BCUT2D eigenvalue weighted by molar-refractivity contribution is -0.121. The summed E-state index contributed by atoms with van der Waals surface area (Å²) in [5, 5.41) is 2.87. The first kappa shape index (κ1) is 17.6. The van der Waals surface area contributed by atoms with Gasteiger partial charge >= 0.3 is 0 Å². The van der Waals surface area contributed by atoms with Gasteiger partial charge in [-0.25, -0.2) is 0 Å². The molecule has 0 saturated carbocycles. The normalized spacial score (nSPS) is 10.2. The van der Waals surface area contributed by atoms with Crippen LogP contribution in [0, 0.1) is 0 Å². The number of rotatable bonds is 10. The summed E-state index contributed by atoms with van der Waals surface area (Å²) in [5.41, 5.74) is 0.988. The van der Waals surface area contributed by atoms with Gasteiger partial charge in [0.25, 0.3) is 0 Å². The van der Waals surface area contributed by atoms with Gasteiger partial charge in [-0.2, -0.15) is 0 Å². The van der Waals surface area contributed by atoms with Crippen LogP contribution in [0.1, 0.15) is 38.7 Å². The lowest BCUT2D eigenvalue weighted by Crippen LogP contribution is -2.22. The molecule has 4 nitrogen and oxygen atoms in total. The van der Waals surface area contributed by atoms with Gasteiger partial charge in [0.15, 0.2) is 11.5 Å². The van der Waals surface area contributed by atoms with Gasteiger partial charge in [0, 0.05) is 18.8 Å². The summed E-state index contributed by atoms with van der Waals surface area (Å²) in [4.78, 5) is 11.6. The Morgan fingerprint density at radius 2 is 2.05 bits per heavy atom. The fraction of sp³-hybridized carbons (Fsp3) is 0.562. The van der Waals surface area contributed by atoms with Crippen molar-refractivity contribution in [2.75, 3.05) is 19.1 Å². The molecule has 0 aliphatic carbocycles. The van der Waals surface area contributed by atoms with E-state index in [1.807, 2.05) is 25.1 Å². The van der Waals surface area contributed by atoms with Gasteiger partial charge in [0.2, 0.25) is 5.91 Å². The third kappa shape index (κ3) is 6.71. The number of amides is 1. The summed E-state index contributed by atoms with van der Waals surface area (Å²) in [5.74, 6) is 1.99. The van der Waals surface area contributed by atoms with Crippen molar-refractivity contribution in [2.45, 2.75) is 39.7 Å². The molecule has 1 N–H and O–H groups in total. The first-order valence-corrected chi connectivity index (χ1v) is 7.95. The monoisotopic (exact) mass is 313 g/mol. The van der Waals surface area contributed by atoms with E-state index in [2.05, 4.69) is 12.2 Å². The Kier molecular flexibility index (Phi) is 8.67. The van der Waals surface area contributed by atoms with E-state index in [-0.39, 0.29) is 5.91 Å². The molecule has 0 radical (unpaired) electrons. The minimum absolute atomic E-state index is 0.0138. The molecule has 1 rings (SSSR count). The van der Waals surface area contributed by atoms with Gasteiger partial charge in [-0.1, -0.05) is 13.0 Å². The van der Waals surface area contributed by atoms with Crippen molar-refractivity contribution in [2.24, 2.45) is 0 Å². The molecule has 0 aliphatic heterocycles. The highest BCUT2D eigenvalue weighted by Crippen LogP contribution is 2.28. The van der Waals surface area contributed by atoms with Crippen molar-refractivity contribution in [3.8, 4) is 11.5 Å². The number of nitrogens with one attached hydrogen (secondary N) is 1. The Hall–Kier alpha value is -1.42. The quantitative estimate of drug-likeness (QED) is 0.672. The van der Waals surface area contributed by atoms with Crippen LogP contribution in [-0.2, 0) is 11.3 Å². The SMILES string of the molecule is CCCOc1ccc(CNC(=O)CCCCl)cc1OCC. The van der Waals surface area contributed by atoms with E-state index in [9.17, 15) is 4.79 Å². The number of carbonyl (C=O) groups excluding carboxylic acids is 1. The highest BCUT2D eigenvalue weighted by atomic mass is 35.5. The molecule has 0 spiro atoms. The molecule has 0 heterocycles. The molecule has 118 valence electrons. The second-order valence-corrected chi connectivity index (χ2v) is 5.01. The van der Waals surface area contributed by atoms with Gasteiger partial charge < -0.3 is 14.8 Å². The zero-order valence-corrected chi connectivity index (χ0v) is 13.5. The van der Waals surface area contributed by atoms with Gasteiger partial charge in [-0.15, -0.1) is 11.6 Å². The Balaban J connectivity index is 2.62.